The number of anilines is 1. The summed E-state index contributed by atoms with van der Waals surface area (Å²) in [4.78, 5) is 20.2. The minimum absolute atomic E-state index is 0.344. The summed E-state index contributed by atoms with van der Waals surface area (Å²) >= 11 is 0. The van der Waals surface area contributed by atoms with Crippen LogP contribution in [-0.4, -0.2) is 35.4 Å². The number of carbonyl (C=O) groups is 1. The molecule has 36 heavy (non-hydrogen) atoms. The molecule has 0 saturated heterocycles. The summed E-state index contributed by atoms with van der Waals surface area (Å²) < 4.78 is 18.7. The van der Waals surface area contributed by atoms with E-state index in [1.807, 2.05) is 46.5 Å². The molecular formula is C27H26FN7O. The highest BCUT2D eigenvalue weighted by Gasteiger charge is 2.23. The van der Waals surface area contributed by atoms with Gasteiger partial charge < -0.3 is 10.3 Å². The zero-order valence-corrected chi connectivity index (χ0v) is 20.8. The van der Waals surface area contributed by atoms with Gasteiger partial charge in [0.1, 0.15) is 11.5 Å². The highest BCUT2D eigenvalue weighted by molar-refractivity contribution is 6.07. The Hall–Kier alpha value is -4.53. The fourth-order valence-electron chi connectivity index (χ4n) is 4.61. The summed E-state index contributed by atoms with van der Waals surface area (Å²) in [6.45, 7) is 9.16. The summed E-state index contributed by atoms with van der Waals surface area (Å²) in [5.41, 5.74) is 8.07. The second-order valence-corrected chi connectivity index (χ2v) is 8.96. The second-order valence-electron chi connectivity index (χ2n) is 8.96. The molecule has 0 atom stereocenters. The number of aryl methyl sites for hydroxylation is 4. The van der Waals surface area contributed by atoms with Crippen molar-refractivity contribution in [3.8, 4) is 33.6 Å². The van der Waals surface area contributed by atoms with Gasteiger partial charge >= 0.3 is 0 Å². The highest BCUT2D eigenvalue weighted by atomic mass is 19.1. The molecule has 0 aliphatic rings. The van der Waals surface area contributed by atoms with Gasteiger partial charge in [0.25, 0.3) is 0 Å². The summed E-state index contributed by atoms with van der Waals surface area (Å²) in [7, 11) is 3.72. The number of fused-ring (bicyclic) bond motifs is 1. The van der Waals surface area contributed by atoms with Gasteiger partial charge in [0.2, 0.25) is 5.91 Å². The van der Waals surface area contributed by atoms with E-state index in [0.717, 1.165) is 50.7 Å². The van der Waals surface area contributed by atoms with E-state index in [-0.39, 0.29) is 0 Å². The Balaban J connectivity index is 1.84. The molecule has 9 heteroatoms. The number of hydrogen-bond acceptors (Lipinski definition) is 4. The second kappa shape index (κ2) is 8.60. The zero-order chi connectivity index (χ0) is 25.7. The number of benzene rings is 1. The van der Waals surface area contributed by atoms with E-state index in [1.165, 1.54) is 6.07 Å². The van der Waals surface area contributed by atoms with Crippen molar-refractivity contribution in [1.29, 1.82) is 0 Å². The maximum Gasteiger partial charge on any atom is 0.247 e. The van der Waals surface area contributed by atoms with Crippen molar-refractivity contribution in [2.24, 2.45) is 14.1 Å². The standard InChI is InChI=1S/C27H26FN7O/c1-7-22(36)31-21-9-17(8-20(28)16(21)4)24-23-15(3)19(25-14(2)12-35(6)33-25)11-29-27(23)32-26(24)18-10-30-34(5)13-18/h7-13H,1H2,2-6H3,(H,29,32)(H,31,36). The van der Waals surface area contributed by atoms with Crippen LogP contribution in [0.25, 0.3) is 44.7 Å². The molecule has 0 spiro atoms. The number of aromatic amines is 1. The molecule has 0 fully saturated rings. The molecule has 0 bridgehead atoms. The van der Waals surface area contributed by atoms with Crippen molar-refractivity contribution in [3.63, 3.8) is 0 Å². The Kier molecular flexibility index (Phi) is 5.55. The predicted octanol–water partition coefficient (Wildman–Crippen LogP) is 5.22. The zero-order valence-electron chi connectivity index (χ0n) is 20.8. The number of halogens is 1. The van der Waals surface area contributed by atoms with Gasteiger partial charge in [0, 0.05) is 66.0 Å². The quantitative estimate of drug-likeness (QED) is 0.335. The summed E-state index contributed by atoms with van der Waals surface area (Å²) in [6.07, 6.45) is 8.57. The van der Waals surface area contributed by atoms with Gasteiger partial charge in [-0.25, -0.2) is 9.37 Å². The molecule has 4 heterocycles. The van der Waals surface area contributed by atoms with Crippen LogP contribution in [0.15, 0.2) is 49.6 Å². The van der Waals surface area contributed by atoms with Crippen molar-refractivity contribution in [2.45, 2.75) is 20.8 Å². The molecule has 2 N–H and O–H groups in total. The lowest BCUT2D eigenvalue weighted by atomic mass is 9.94. The highest BCUT2D eigenvalue weighted by Crippen LogP contribution is 2.43. The Morgan fingerprint density at radius 1 is 1.08 bits per heavy atom. The maximum absolute atomic E-state index is 15.2. The number of nitrogens with one attached hydrogen (secondary N) is 2. The Bertz CT molecular complexity index is 1670. The first-order chi connectivity index (χ1) is 17.2. The van der Waals surface area contributed by atoms with Crippen LogP contribution in [0, 0.1) is 26.6 Å². The van der Waals surface area contributed by atoms with Gasteiger partial charge in [-0.3, -0.25) is 14.2 Å². The van der Waals surface area contributed by atoms with E-state index in [9.17, 15) is 4.79 Å². The fraction of sp³-hybridized carbons (Fsp3) is 0.185. The number of hydrogen-bond donors (Lipinski definition) is 2. The third-order valence-electron chi connectivity index (χ3n) is 6.42. The van der Waals surface area contributed by atoms with Crippen molar-refractivity contribution >= 4 is 22.6 Å². The van der Waals surface area contributed by atoms with E-state index in [2.05, 4.69) is 27.1 Å². The first-order valence-corrected chi connectivity index (χ1v) is 11.4. The number of nitrogens with zero attached hydrogens (tertiary/aromatic N) is 5. The van der Waals surface area contributed by atoms with Crippen molar-refractivity contribution in [1.82, 2.24) is 29.5 Å². The van der Waals surface area contributed by atoms with Gasteiger partial charge in [0.05, 0.1) is 17.6 Å². The normalized spacial score (nSPS) is 11.3. The largest absolute Gasteiger partial charge is 0.339 e. The topological polar surface area (TPSA) is 93.4 Å². The van der Waals surface area contributed by atoms with E-state index in [0.29, 0.717) is 22.5 Å². The van der Waals surface area contributed by atoms with Gasteiger partial charge in [-0.05, 0) is 55.7 Å². The first kappa shape index (κ1) is 23.2. The summed E-state index contributed by atoms with van der Waals surface area (Å²) in [5, 5.41) is 12.5. The minimum atomic E-state index is -0.430. The number of aromatic nitrogens is 6. The van der Waals surface area contributed by atoms with Crippen LogP contribution in [0.3, 0.4) is 0 Å². The lowest BCUT2D eigenvalue weighted by Crippen LogP contribution is -2.09. The summed E-state index contributed by atoms with van der Waals surface area (Å²) in [5.74, 6) is -0.840. The number of H-pyrrole nitrogens is 1. The average molecular weight is 484 g/mol. The SMILES string of the molecule is C=CC(=O)Nc1cc(-c2c(-c3cnn(C)c3)[nH]c3ncc(-c4nn(C)cc4C)c(C)c23)cc(F)c1C. The third kappa shape index (κ3) is 3.78. The molecule has 182 valence electrons. The molecule has 0 saturated carbocycles. The molecule has 1 aromatic carbocycles. The molecule has 0 unspecified atom stereocenters. The Labute approximate surface area is 207 Å². The lowest BCUT2D eigenvalue weighted by molar-refractivity contribution is -0.111. The smallest absolute Gasteiger partial charge is 0.247 e. The van der Waals surface area contributed by atoms with Crippen molar-refractivity contribution in [3.05, 3.63) is 72.1 Å². The maximum atomic E-state index is 15.2. The van der Waals surface area contributed by atoms with Crippen molar-refractivity contribution in [2.75, 3.05) is 5.32 Å². The molecule has 5 rings (SSSR count). The Morgan fingerprint density at radius 3 is 2.50 bits per heavy atom. The number of carbonyl (C=O) groups excluding carboxylic acids is 1. The predicted molar refractivity (Wildman–Crippen MR) is 139 cm³/mol. The molecule has 8 nitrogen and oxygen atoms in total. The third-order valence-corrected chi connectivity index (χ3v) is 6.42. The number of rotatable bonds is 5. The molecule has 0 radical (unpaired) electrons. The van der Waals surface area contributed by atoms with Crippen LogP contribution in [0.5, 0.6) is 0 Å². The van der Waals surface area contributed by atoms with E-state index in [1.54, 1.807) is 28.6 Å². The van der Waals surface area contributed by atoms with Crippen LogP contribution < -0.4 is 5.32 Å². The van der Waals surface area contributed by atoms with Gasteiger partial charge in [-0.15, -0.1) is 0 Å². The number of amides is 1. The lowest BCUT2D eigenvalue weighted by Gasteiger charge is -2.13. The molecule has 4 aromatic heterocycles. The molecular weight excluding hydrogens is 457 g/mol. The van der Waals surface area contributed by atoms with E-state index in [4.69, 9.17) is 4.98 Å². The summed E-state index contributed by atoms with van der Waals surface area (Å²) in [6, 6.07) is 3.26. The number of pyridine rings is 1. The average Bonchev–Trinajstić information content (AvgIpc) is 3.53. The first-order valence-electron chi connectivity index (χ1n) is 11.4. The van der Waals surface area contributed by atoms with E-state index < -0.39 is 11.7 Å². The van der Waals surface area contributed by atoms with Crippen LogP contribution in [0.1, 0.15) is 16.7 Å². The molecule has 5 aromatic rings. The van der Waals surface area contributed by atoms with Crippen LogP contribution in [0.4, 0.5) is 10.1 Å². The van der Waals surface area contributed by atoms with Crippen LogP contribution in [0.2, 0.25) is 0 Å². The van der Waals surface area contributed by atoms with Crippen molar-refractivity contribution < 1.29 is 9.18 Å². The molecule has 0 aliphatic carbocycles. The fourth-order valence-corrected chi connectivity index (χ4v) is 4.61. The van der Waals surface area contributed by atoms with Gasteiger partial charge in [-0.1, -0.05) is 6.58 Å². The molecule has 1 amide bonds. The van der Waals surface area contributed by atoms with Crippen LogP contribution in [-0.2, 0) is 18.9 Å². The molecule has 0 aliphatic heterocycles. The van der Waals surface area contributed by atoms with Gasteiger partial charge in [0.15, 0.2) is 0 Å². The monoisotopic (exact) mass is 483 g/mol. The van der Waals surface area contributed by atoms with Crippen LogP contribution >= 0.6 is 0 Å². The van der Waals surface area contributed by atoms with Gasteiger partial charge in [-0.2, -0.15) is 10.2 Å². The van der Waals surface area contributed by atoms with E-state index >= 15 is 4.39 Å². The minimum Gasteiger partial charge on any atom is -0.339 e. The Morgan fingerprint density at radius 2 is 1.86 bits per heavy atom.